The van der Waals surface area contributed by atoms with E-state index in [1.54, 1.807) is 19.4 Å². The van der Waals surface area contributed by atoms with Crippen LogP contribution in [-0.2, 0) is 4.79 Å². The van der Waals surface area contributed by atoms with Gasteiger partial charge in [0, 0.05) is 27.6 Å². The Hall–Kier alpha value is -2.24. The van der Waals surface area contributed by atoms with Crippen molar-refractivity contribution in [3.63, 3.8) is 0 Å². The Kier molecular flexibility index (Phi) is 5.69. The number of carbonyl (C=O) groups excluding carboxylic acids is 1. The summed E-state index contributed by atoms with van der Waals surface area (Å²) >= 11 is 7.63. The van der Waals surface area contributed by atoms with E-state index in [1.165, 1.54) is 11.8 Å². The molecule has 0 radical (unpaired) electrons. The Morgan fingerprint density at radius 2 is 2.04 bits per heavy atom. The number of rotatable bonds is 5. The molecule has 134 valence electrons. The molecule has 26 heavy (non-hydrogen) atoms. The number of carbonyl (C=O) groups is 1. The molecular formula is C20H19ClN2O2S. The van der Waals surface area contributed by atoms with Crippen LogP contribution in [0.25, 0.3) is 10.9 Å². The van der Waals surface area contributed by atoms with E-state index in [9.17, 15) is 4.79 Å². The van der Waals surface area contributed by atoms with E-state index >= 15 is 0 Å². The summed E-state index contributed by atoms with van der Waals surface area (Å²) < 4.78 is 5.32. The van der Waals surface area contributed by atoms with Crippen molar-refractivity contribution in [3.8, 4) is 5.75 Å². The number of hydrogen-bond donors (Lipinski definition) is 1. The first kappa shape index (κ1) is 18.5. The van der Waals surface area contributed by atoms with E-state index in [1.807, 2.05) is 50.2 Å². The molecule has 2 aromatic carbocycles. The number of benzene rings is 2. The van der Waals surface area contributed by atoms with E-state index in [2.05, 4.69) is 10.3 Å². The van der Waals surface area contributed by atoms with Crippen LogP contribution in [0.2, 0.25) is 5.02 Å². The minimum absolute atomic E-state index is 0.101. The highest BCUT2D eigenvalue weighted by atomic mass is 35.5. The summed E-state index contributed by atoms with van der Waals surface area (Å²) in [4.78, 5) is 18.1. The zero-order chi connectivity index (χ0) is 18.7. The van der Waals surface area contributed by atoms with Crippen molar-refractivity contribution in [2.75, 3.05) is 12.4 Å². The molecule has 1 aromatic heterocycles. The Balaban J connectivity index is 1.79. The third-order valence-corrected chi connectivity index (χ3v) is 5.61. The van der Waals surface area contributed by atoms with Crippen LogP contribution in [-0.4, -0.2) is 23.3 Å². The molecular weight excluding hydrogens is 368 g/mol. The predicted octanol–water partition coefficient (Wildman–Crippen LogP) is 5.32. The van der Waals surface area contributed by atoms with E-state index in [4.69, 9.17) is 16.3 Å². The number of fused-ring (bicyclic) bond motifs is 1. The maximum atomic E-state index is 12.7. The van der Waals surface area contributed by atoms with Gasteiger partial charge < -0.3 is 10.1 Å². The molecule has 0 aliphatic rings. The lowest BCUT2D eigenvalue weighted by molar-refractivity contribution is -0.115. The topological polar surface area (TPSA) is 51.2 Å². The number of thioether (sulfide) groups is 1. The van der Waals surface area contributed by atoms with Gasteiger partial charge in [0.05, 0.1) is 23.6 Å². The molecule has 0 aliphatic carbocycles. The van der Waals surface area contributed by atoms with Gasteiger partial charge in [0.15, 0.2) is 0 Å². The molecule has 3 aromatic rings. The Morgan fingerprint density at radius 1 is 1.27 bits per heavy atom. The van der Waals surface area contributed by atoms with Crippen molar-refractivity contribution in [2.24, 2.45) is 0 Å². The van der Waals surface area contributed by atoms with Crippen molar-refractivity contribution in [1.29, 1.82) is 0 Å². The number of amides is 1. The van der Waals surface area contributed by atoms with Gasteiger partial charge in [-0.1, -0.05) is 29.8 Å². The first-order chi connectivity index (χ1) is 12.5. The van der Waals surface area contributed by atoms with Gasteiger partial charge in [0.2, 0.25) is 5.91 Å². The van der Waals surface area contributed by atoms with E-state index in [0.717, 1.165) is 21.4 Å². The molecule has 0 saturated heterocycles. The highest BCUT2D eigenvalue weighted by Gasteiger charge is 2.18. The highest BCUT2D eigenvalue weighted by Crippen LogP contribution is 2.33. The second-order valence-electron chi connectivity index (χ2n) is 5.88. The fourth-order valence-corrected chi connectivity index (χ4v) is 3.72. The molecule has 0 fully saturated rings. The number of para-hydroxylation sites is 1. The number of pyridine rings is 1. The molecule has 1 heterocycles. The molecule has 0 aliphatic heterocycles. The average Bonchev–Trinajstić information content (AvgIpc) is 2.64. The SMILES string of the molecule is COc1cc(Cl)c(C)cc1NC(=O)C(C)Sc1ccnc2ccccc12. The molecule has 1 atom stereocenters. The number of ether oxygens (including phenoxy) is 1. The predicted molar refractivity (Wildman–Crippen MR) is 108 cm³/mol. The minimum Gasteiger partial charge on any atom is -0.495 e. The standard InChI is InChI=1S/C20H19ClN2O2S/c1-12-10-17(18(25-3)11-15(12)21)23-20(24)13(2)26-19-8-9-22-16-7-5-4-6-14(16)19/h4-11,13H,1-3H3,(H,23,24). The Bertz CT molecular complexity index is 956. The molecule has 1 unspecified atom stereocenters. The lowest BCUT2D eigenvalue weighted by atomic mass is 10.2. The molecule has 0 bridgehead atoms. The zero-order valence-electron chi connectivity index (χ0n) is 14.7. The van der Waals surface area contributed by atoms with E-state index in [-0.39, 0.29) is 11.2 Å². The molecule has 0 spiro atoms. The van der Waals surface area contributed by atoms with E-state index < -0.39 is 0 Å². The Morgan fingerprint density at radius 3 is 2.81 bits per heavy atom. The van der Waals surface area contributed by atoms with Gasteiger partial charge in [-0.15, -0.1) is 11.8 Å². The van der Waals surface area contributed by atoms with Crippen LogP contribution in [0.3, 0.4) is 0 Å². The van der Waals surface area contributed by atoms with Gasteiger partial charge in [0.1, 0.15) is 5.75 Å². The lowest BCUT2D eigenvalue weighted by Gasteiger charge is -2.16. The summed E-state index contributed by atoms with van der Waals surface area (Å²) in [5, 5.41) is 4.29. The van der Waals surface area contributed by atoms with Crippen LogP contribution in [0.1, 0.15) is 12.5 Å². The van der Waals surface area contributed by atoms with Gasteiger partial charge in [-0.05, 0) is 37.6 Å². The quantitative estimate of drug-likeness (QED) is 0.602. The minimum atomic E-state index is -0.290. The number of halogens is 1. The maximum absolute atomic E-state index is 12.7. The smallest absolute Gasteiger partial charge is 0.237 e. The van der Waals surface area contributed by atoms with Crippen LogP contribution < -0.4 is 10.1 Å². The fourth-order valence-electron chi connectivity index (χ4n) is 2.58. The lowest BCUT2D eigenvalue weighted by Crippen LogP contribution is -2.22. The van der Waals surface area contributed by atoms with Gasteiger partial charge in [0.25, 0.3) is 0 Å². The van der Waals surface area contributed by atoms with Crippen molar-refractivity contribution >= 4 is 45.9 Å². The summed E-state index contributed by atoms with van der Waals surface area (Å²) in [5.41, 5.74) is 2.41. The molecule has 6 heteroatoms. The van der Waals surface area contributed by atoms with Gasteiger partial charge in [-0.25, -0.2) is 0 Å². The number of nitrogens with one attached hydrogen (secondary N) is 1. The second-order valence-corrected chi connectivity index (χ2v) is 7.67. The number of aryl methyl sites for hydroxylation is 1. The van der Waals surface area contributed by atoms with Crippen LogP contribution >= 0.6 is 23.4 Å². The molecule has 4 nitrogen and oxygen atoms in total. The number of anilines is 1. The third-order valence-electron chi connectivity index (χ3n) is 4.02. The third kappa shape index (κ3) is 3.94. The van der Waals surface area contributed by atoms with Crippen molar-refractivity contribution < 1.29 is 9.53 Å². The molecule has 3 rings (SSSR count). The fraction of sp³-hybridized carbons (Fsp3) is 0.200. The summed E-state index contributed by atoms with van der Waals surface area (Å²) in [5.74, 6) is 0.441. The Labute approximate surface area is 161 Å². The molecule has 0 saturated carbocycles. The van der Waals surface area contributed by atoms with Crippen molar-refractivity contribution in [3.05, 3.63) is 59.2 Å². The summed E-state index contributed by atoms with van der Waals surface area (Å²) in [7, 11) is 1.55. The van der Waals surface area contributed by atoms with Crippen molar-refractivity contribution in [2.45, 2.75) is 24.0 Å². The first-order valence-corrected chi connectivity index (χ1v) is 9.40. The van der Waals surface area contributed by atoms with Crippen molar-refractivity contribution in [1.82, 2.24) is 4.98 Å². The molecule has 1 N–H and O–H groups in total. The highest BCUT2D eigenvalue weighted by molar-refractivity contribution is 8.00. The maximum Gasteiger partial charge on any atom is 0.237 e. The number of methoxy groups -OCH3 is 1. The molecule has 1 amide bonds. The van der Waals surface area contributed by atoms with Gasteiger partial charge >= 0.3 is 0 Å². The number of aromatic nitrogens is 1. The summed E-state index contributed by atoms with van der Waals surface area (Å²) in [6.07, 6.45) is 1.76. The second kappa shape index (κ2) is 7.98. The van der Waals surface area contributed by atoms with E-state index in [0.29, 0.717) is 16.5 Å². The summed E-state index contributed by atoms with van der Waals surface area (Å²) in [6, 6.07) is 13.4. The average molecular weight is 387 g/mol. The summed E-state index contributed by atoms with van der Waals surface area (Å²) in [6.45, 7) is 3.77. The largest absolute Gasteiger partial charge is 0.495 e. The van der Waals surface area contributed by atoms with Crippen LogP contribution in [0.4, 0.5) is 5.69 Å². The van der Waals surface area contributed by atoms with Gasteiger partial charge in [-0.3, -0.25) is 9.78 Å². The first-order valence-electron chi connectivity index (χ1n) is 8.15. The van der Waals surface area contributed by atoms with Crippen LogP contribution in [0.5, 0.6) is 5.75 Å². The van der Waals surface area contributed by atoms with Crippen LogP contribution in [0.15, 0.2) is 53.6 Å². The monoisotopic (exact) mass is 386 g/mol. The van der Waals surface area contributed by atoms with Gasteiger partial charge in [-0.2, -0.15) is 0 Å². The van der Waals surface area contributed by atoms with Crippen LogP contribution in [0, 0.1) is 6.92 Å². The number of nitrogens with zero attached hydrogens (tertiary/aromatic N) is 1. The number of hydrogen-bond acceptors (Lipinski definition) is 4. The normalized spacial score (nSPS) is 12.0. The zero-order valence-corrected chi connectivity index (χ0v) is 16.3.